The van der Waals surface area contributed by atoms with Crippen LogP contribution in [-0.2, 0) is 9.59 Å². The van der Waals surface area contributed by atoms with Crippen LogP contribution in [0.2, 0.25) is 0 Å². The van der Waals surface area contributed by atoms with Crippen LogP contribution in [0.5, 0.6) is 0 Å². The molecule has 0 spiro atoms. The number of hydrogen-bond donors (Lipinski definition) is 2. The van der Waals surface area contributed by atoms with Crippen molar-refractivity contribution in [1.29, 1.82) is 0 Å². The van der Waals surface area contributed by atoms with Gasteiger partial charge in [-0.3, -0.25) is 9.59 Å². The second-order valence-electron chi connectivity index (χ2n) is 16.0. The molecule has 0 saturated carbocycles. The number of aliphatic hydroxyl groups is 1. The van der Waals surface area contributed by atoms with Gasteiger partial charge in [0.25, 0.3) is 0 Å². The van der Waals surface area contributed by atoms with Gasteiger partial charge in [-0.25, -0.2) is 0 Å². The van der Waals surface area contributed by atoms with Crippen molar-refractivity contribution >= 4 is 11.7 Å². The molecule has 0 aromatic rings. The summed E-state index contributed by atoms with van der Waals surface area (Å²) in [6, 6.07) is -0.0664. The van der Waals surface area contributed by atoms with E-state index in [0.29, 0.717) is 12.2 Å². The van der Waals surface area contributed by atoms with Crippen LogP contribution in [0.1, 0.15) is 271 Å². The zero-order valence-corrected chi connectivity index (χ0v) is 34.3. The number of ketones is 1. The van der Waals surface area contributed by atoms with Crippen LogP contribution in [-0.4, -0.2) is 29.4 Å². The fourth-order valence-electron chi connectivity index (χ4n) is 7.40. The van der Waals surface area contributed by atoms with E-state index >= 15 is 0 Å². The van der Waals surface area contributed by atoms with Crippen LogP contribution in [0.4, 0.5) is 0 Å². The van der Waals surface area contributed by atoms with E-state index in [9.17, 15) is 14.7 Å². The molecule has 1 amide bonds. The van der Waals surface area contributed by atoms with Gasteiger partial charge in [-0.15, -0.1) is 0 Å². The van der Waals surface area contributed by atoms with E-state index in [1.807, 2.05) is 0 Å². The maximum absolute atomic E-state index is 12.4. The first-order chi connectivity index (χ1) is 24.6. The smallest absolute Gasteiger partial charge is 0.220 e. The molecule has 0 heterocycles. The normalized spacial score (nSPS) is 12.1. The molecule has 0 radical (unpaired) electrons. The third-order valence-corrected chi connectivity index (χ3v) is 10.9. The van der Waals surface area contributed by atoms with Crippen molar-refractivity contribution in [2.75, 3.05) is 6.61 Å². The highest BCUT2D eigenvalue weighted by atomic mass is 16.3. The number of hydrogen-bond acceptors (Lipinski definition) is 3. The molecule has 0 aliphatic heterocycles. The van der Waals surface area contributed by atoms with Gasteiger partial charge in [0.2, 0.25) is 5.91 Å². The van der Waals surface area contributed by atoms with Crippen LogP contribution in [0.3, 0.4) is 0 Å². The lowest BCUT2D eigenvalue weighted by molar-refractivity contribution is -0.122. The van der Waals surface area contributed by atoms with Gasteiger partial charge in [0.15, 0.2) is 0 Å². The monoisotopic (exact) mass is 706 g/mol. The van der Waals surface area contributed by atoms with E-state index in [0.717, 1.165) is 51.4 Å². The Balaban J connectivity index is 3.38. The standard InChI is InChI=1S/C46H91NO3/c1-3-5-7-9-11-13-14-15-17-20-24-27-31-35-39-44(43-48)47-46(50)42-38-34-30-26-22-19-16-18-21-25-29-33-37-41-45(49)40-36-32-28-23-12-10-8-6-4-2/h44,48H,3-43H2,1-2H3,(H,47,50). The zero-order chi connectivity index (χ0) is 36.4. The fourth-order valence-corrected chi connectivity index (χ4v) is 7.40. The lowest BCUT2D eigenvalue weighted by Gasteiger charge is -2.16. The van der Waals surface area contributed by atoms with Gasteiger partial charge in [0.1, 0.15) is 5.78 Å². The second-order valence-corrected chi connectivity index (χ2v) is 16.0. The van der Waals surface area contributed by atoms with E-state index in [2.05, 4.69) is 19.2 Å². The van der Waals surface area contributed by atoms with E-state index in [4.69, 9.17) is 0 Å². The van der Waals surface area contributed by atoms with E-state index in [1.165, 1.54) is 199 Å². The molecule has 50 heavy (non-hydrogen) atoms. The molecule has 2 N–H and O–H groups in total. The molecule has 0 aromatic heterocycles. The average Bonchev–Trinajstić information content (AvgIpc) is 3.12. The quantitative estimate of drug-likeness (QED) is 0.0621. The summed E-state index contributed by atoms with van der Waals surface area (Å²) in [6.45, 7) is 4.61. The SMILES string of the molecule is CCCCCCCCCCCCCCCCC(CO)NC(=O)CCCCCCCCCCCCCCCC(=O)CCCCCCCCCCC. The van der Waals surface area contributed by atoms with Gasteiger partial charge in [0, 0.05) is 19.3 Å². The van der Waals surface area contributed by atoms with Gasteiger partial charge >= 0.3 is 0 Å². The molecule has 0 bridgehead atoms. The lowest BCUT2D eigenvalue weighted by Crippen LogP contribution is -2.37. The summed E-state index contributed by atoms with van der Waals surface area (Å²) in [7, 11) is 0. The Bertz CT molecular complexity index is 680. The highest BCUT2D eigenvalue weighted by Gasteiger charge is 2.11. The third kappa shape index (κ3) is 39.9. The fraction of sp³-hybridized carbons (Fsp3) is 0.957. The number of unbranched alkanes of at least 4 members (excludes halogenated alkanes) is 33. The number of Topliss-reactive ketones (excluding diaryl/α,β-unsaturated/α-hetero) is 1. The number of rotatable bonds is 43. The minimum Gasteiger partial charge on any atom is -0.394 e. The molecule has 0 aromatic carbocycles. The molecule has 4 heteroatoms. The van der Waals surface area contributed by atoms with Crippen molar-refractivity contribution in [2.45, 2.75) is 277 Å². The topological polar surface area (TPSA) is 66.4 Å². The van der Waals surface area contributed by atoms with Crippen LogP contribution in [0.15, 0.2) is 0 Å². The van der Waals surface area contributed by atoms with Gasteiger partial charge in [0.05, 0.1) is 12.6 Å². The van der Waals surface area contributed by atoms with Crippen LogP contribution in [0, 0.1) is 0 Å². The maximum atomic E-state index is 12.4. The predicted octanol–water partition coefficient (Wildman–Crippen LogP) is 14.7. The highest BCUT2D eigenvalue weighted by Crippen LogP contribution is 2.16. The molecule has 0 fully saturated rings. The van der Waals surface area contributed by atoms with E-state index in [-0.39, 0.29) is 18.6 Å². The average molecular weight is 706 g/mol. The van der Waals surface area contributed by atoms with Crippen LogP contribution >= 0.6 is 0 Å². The number of carbonyl (C=O) groups is 2. The molecular weight excluding hydrogens is 615 g/mol. The Morgan fingerprint density at radius 3 is 0.940 bits per heavy atom. The number of nitrogens with one attached hydrogen (secondary N) is 1. The molecule has 0 rings (SSSR count). The van der Waals surface area contributed by atoms with Crippen molar-refractivity contribution < 1.29 is 14.7 Å². The molecule has 0 saturated heterocycles. The molecular formula is C46H91NO3. The number of aliphatic hydroxyl groups excluding tert-OH is 1. The molecule has 0 aliphatic carbocycles. The largest absolute Gasteiger partial charge is 0.394 e. The van der Waals surface area contributed by atoms with E-state index < -0.39 is 0 Å². The lowest BCUT2D eigenvalue weighted by atomic mass is 10.0. The van der Waals surface area contributed by atoms with Crippen molar-refractivity contribution in [3.8, 4) is 0 Å². The summed E-state index contributed by atoms with van der Waals surface area (Å²) in [5.74, 6) is 0.618. The summed E-state index contributed by atoms with van der Waals surface area (Å²) >= 11 is 0. The first kappa shape index (κ1) is 49.1. The summed E-state index contributed by atoms with van der Waals surface area (Å²) in [4.78, 5) is 24.5. The summed E-state index contributed by atoms with van der Waals surface area (Å²) in [5.41, 5.74) is 0. The zero-order valence-electron chi connectivity index (χ0n) is 34.3. The van der Waals surface area contributed by atoms with Crippen molar-refractivity contribution in [1.82, 2.24) is 5.32 Å². The Hall–Kier alpha value is -0.900. The Labute approximate surface area is 314 Å². The predicted molar refractivity (Wildman–Crippen MR) is 220 cm³/mol. The van der Waals surface area contributed by atoms with Gasteiger partial charge in [-0.2, -0.15) is 0 Å². The van der Waals surface area contributed by atoms with Gasteiger partial charge < -0.3 is 10.4 Å². The van der Waals surface area contributed by atoms with Crippen molar-refractivity contribution in [2.24, 2.45) is 0 Å². The Kier molecular flexibility index (Phi) is 41.7. The molecule has 1 atom stereocenters. The van der Waals surface area contributed by atoms with E-state index in [1.54, 1.807) is 0 Å². The Morgan fingerprint density at radius 1 is 0.380 bits per heavy atom. The first-order valence-electron chi connectivity index (χ1n) is 23.1. The summed E-state index contributed by atoms with van der Waals surface area (Å²) < 4.78 is 0. The Morgan fingerprint density at radius 2 is 0.640 bits per heavy atom. The van der Waals surface area contributed by atoms with Gasteiger partial charge in [-0.05, 0) is 25.7 Å². The number of carbonyl (C=O) groups excluding carboxylic acids is 2. The second kappa shape index (κ2) is 42.5. The van der Waals surface area contributed by atoms with Crippen molar-refractivity contribution in [3.05, 3.63) is 0 Å². The minimum atomic E-state index is -0.0664. The minimum absolute atomic E-state index is 0.0602. The molecule has 298 valence electrons. The molecule has 4 nitrogen and oxygen atoms in total. The molecule has 1 unspecified atom stereocenters. The third-order valence-electron chi connectivity index (χ3n) is 10.9. The van der Waals surface area contributed by atoms with Crippen molar-refractivity contribution in [3.63, 3.8) is 0 Å². The van der Waals surface area contributed by atoms with Gasteiger partial charge in [-0.1, -0.05) is 226 Å². The maximum Gasteiger partial charge on any atom is 0.220 e. The first-order valence-corrected chi connectivity index (χ1v) is 23.1. The van der Waals surface area contributed by atoms with Crippen LogP contribution in [0.25, 0.3) is 0 Å². The number of amides is 1. The highest BCUT2D eigenvalue weighted by molar-refractivity contribution is 5.78. The summed E-state index contributed by atoms with van der Waals surface area (Å²) in [6.07, 6.45) is 50.2. The summed E-state index contributed by atoms with van der Waals surface area (Å²) in [5, 5.41) is 12.8. The van der Waals surface area contributed by atoms with Crippen LogP contribution < -0.4 is 5.32 Å². The molecule has 0 aliphatic rings.